The molecular weight excluding hydrogens is 1750 g/mol. The first kappa shape index (κ1) is 109. The van der Waals surface area contributed by atoms with Crippen LogP contribution in [0.3, 0.4) is 0 Å². The van der Waals surface area contributed by atoms with Crippen molar-refractivity contribution in [2.45, 2.75) is 234 Å². The maximum atomic E-state index is 12.2. The Morgan fingerprint density at radius 1 is 0.397 bits per heavy atom. The van der Waals surface area contributed by atoms with E-state index in [1.165, 1.54) is 33.9 Å². The van der Waals surface area contributed by atoms with Crippen LogP contribution in [0.5, 0.6) is 0 Å². The zero-order valence-corrected chi connectivity index (χ0v) is 81.1. The van der Waals surface area contributed by atoms with Crippen LogP contribution in [0.4, 0.5) is 0 Å². The van der Waals surface area contributed by atoms with Gasteiger partial charge in [0.1, 0.15) is 73.2 Å². The van der Waals surface area contributed by atoms with Crippen molar-refractivity contribution in [3.8, 4) is 0 Å². The van der Waals surface area contributed by atoms with Gasteiger partial charge in [0.25, 0.3) is 27.3 Å². The summed E-state index contributed by atoms with van der Waals surface area (Å²) in [5.41, 5.74) is -3.54. The second-order valence-electron chi connectivity index (χ2n) is 36.5. The number of aromatic amines is 4. The van der Waals surface area contributed by atoms with Crippen LogP contribution in [-0.2, 0) is 50.1 Å². The lowest BCUT2D eigenvalue weighted by Gasteiger charge is -2.28. The summed E-state index contributed by atoms with van der Waals surface area (Å²) in [5, 5.41) is 119. The van der Waals surface area contributed by atoms with Gasteiger partial charge in [-0.05, 0) is 200 Å². The highest BCUT2D eigenvalue weighted by Crippen LogP contribution is 2.45. The summed E-state index contributed by atoms with van der Waals surface area (Å²) in [5.74, 6) is 0.519. The zero-order chi connectivity index (χ0) is 94.6. The Labute approximate surface area is 742 Å². The lowest BCUT2D eigenvalue weighted by Crippen LogP contribution is -2.52. The summed E-state index contributed by atoms with van der Waals surface area (Å²) in [7, 11) is 1.79. The number of nitrogens with zero attached hydrogens (tertiary/aromatic N) is 6. The molecule has 126 heavy (non-hydrogen) atoms. The number of nitrogens with one attached hydrogen (secondary N) is 9. The second-order valence-corrected chi connectivity index (χ2v) is 58.5. The Kier molecular flexibility index (Phi) is 42.3. The van der Waals surface area contributed by atoms with E-state index in [9.17, 15) is 89.4 Å². The first-order valence-electron chi connectivity index (χ1n) is 42.6. The van der Waals surface area contributed by atoms with E-state index in [1.54, 1.807) is 22.9 Å². The van der Waals surface area contributed by atoms with E-state index in [0.29, 0.717) is 67.3 Å². The number of thiocarbonyl (C=S) groups is 1. The van der Waals surface area contributed by atoms with Crippen LogP contribution in [0.15, 0.2) is 75.5 Å². The third kappa shape index (κ3) is 32.5. The number of rotatable bonds is 36. The van der Waals surface area contributed by atoms with Crippen molar-refractivity contribution < 1.29 is 79.3 Å². The lowest BCUT2D eigenvalue weighted by molar-refractivity contribution is -0.377. The molecule has 6 aliphatic rings. The van der Waals surface area contributed by atoms with Crippen LogP contribution in [0.25, 0.3) is 0 Å². The fourth-order valence-electron chi connectivity index (χ4n) is 14.2. The molecule has 716 valence electrons. The molecule has 0 unspecified atom stereocenters. The smallest absolute Gasteiger partial charge is 0.330 e. The number of aliphatic hydroxyl groups is 10. The quantitative estimate of drug-likeness (QED) is 0.0111. The maximum absolute atomic E-state index is 12.2. The molecule has 0 aromatic carbocycles. The van der Waals surface area contributed by atoms with Crippen LogP contribution in [0.1, 0.15) is 132 Å². The van der Waals surface area contributed by atoms with Crippen molar-refractivity contribution >= 4 is 89.6 Å². The van der Waals surface area contributed by atoms with E-state index >= 15 is 0 Å². The first-order valence-corrected chi connectivity index (χ1v) is 58.3. The minimum absolute atomic E-state index is 0.139. The molecule has 0 spiro atoms. The molecule has 6 aliphatic heterocycles. The number of H-pyrrole nitrogens is 4. The van der Waals surface area contributed by atoms with E-state index in [4.69, 9.17) is 35.9 Å². The largest absolute Gasteiger partial charge is 0.388 e. The molecule has 5 saturated heterocycles. The van der Waals surface area contributed by atoms with Gasteiger partial charge in [0.15, 0.2) is 18.8 Å². The maximum Gasteiger partial charge on any atom is 0.330 e. The van der Waals surface area contributed by atoms with Crippen molar-refractivity contribution in [3.63, 3.8) is 0 Å². The van der Waals surface area contributed by atoms with Crippen LogP contribution >= 0.6 is 46.6 Å². The molecule has 10 rings (SSSR count). The third-order valence-corrected chi connectivity index (χ3v) is 29.2. The Balaban J connectivity index is 0.000000244. The van der Waals surface area contributed by atoms with Crippen LogP contribution in [0.2, 0.25) is 0 Å². The minimum Gasteiger partial charge on any atom is -0.388 e. The van der Waals surface area contributed by atoms with Crippen LogP contribution < -0.4 is 71.6 Å². The van der Waals surface area contributed by atoms with E-state index in [1.807, 2.05) is 27.7 Å². The first-order chi connectivity index (χ1) is 58.6. The zero-order valence-electron chi connectivity index (χ0n) is 75.8. The van der Waals surface area contributed by atoms with Gasteiger partial charge in [-0.1, -0.05) is 27.7 Å². The van der Waals surface area contributed by atoms with Gasteiger partial charge < -0.3 is 85.4 Å². The number of aliphatic hydroxyl groups excluding tert-OH is 10. The normalized spacial score (nSPS) is 27.5. The fraction of sp³-hybridized carbons (Fsp3) is 0.695. The monoisotopic (exact) mass is 1890 g/mol. The molecule has 0 amide bonds. The minimum atomic E-state index is -1.29. The molecule has 4 aromatic rings. The molecule has 19 N–H and O–H groups in total. The summed E-state index contributed by atoms with van der Waals surface area (Å²) < 4.78 is 35.7. The highest BCUT2D eigenvalue weighted by atomic mass is 32.1. The van der Waals surface area contributed by atoms with Crippen molar-refractivity contribution in [1.82, 2.24) is 69.7 Å². The van der Waals surface area contributed by atoms with Gasteiger partial charge in [0, 0.05) is 49.0 Å². The van der Waals surface area contributed by atoms with E-state index < -0.39 is 202 Å². The van der Waals surface area contributed by atoms with E-state index in [0.717, 1.165) is 91.8 Å². The number of ether oxygens (including phenoxy) is 5. The van der Waals surface area contributed by atoms with Crippen molar-refractivity contribution in [3.05, 3.63) is 143 Å². The number of hydrogen-bond acceptors (Lipinski definition) is 29. The summed E-state index contributed by atoms with van der Waals surface area (Å²) in [6.45, 7) is 30.6. The van der Waals surface area contributed by atoms with Crippen LogP contribution in [-0.4, -0.2) is 370 Å². The molecule has 44 heteroatoms. The van der Waals surface area contributed by atoms with Gasteiger partial charge in [-0.15, -0.1) is 65.9 Å². The Hall–Kier alpha value is -5.44. The van der Waals surface area contributed by atoms with Gasteiger partial charge in [-0.2, -0.15) is 0 Å². The van der Waals surface area contributed by atoms with Gasteiger partial charge >= 0.3 is 22.8 Å². The summed E-state index contributed by atoms with van der Waals surface area (Å²) >= 11 is 5.13. The van der Waals surface area contributed by atoms with Crippen molar-refractivity contribution in [2.75, 3.05) is 131 Å². The van der Waals surface area contributed by atoms with Crippen molar-refractivity contribution in [2.24, 2.45) is 0 Å². The van der Waals surface area contributed by atoms with Gasteiger partial charge in [-0.3, -0.25) is 68.0 Å². The summed E-state index contributed by atoms with van der Waals surface area (Å²) in [6, 6.07) is 0. The average Bonchev–Trinajstić information content (AvgIpc) is 1.68. The highest BCUT2D eigenvalue weighted by Gasteiger charge is 2.51. The molecule has 0 radical (unpaired) electrons. The molecule has 10 heterocycles. The molecule has 0 saturated carbocycles. The third-order valence-electron chi connectivity index (χ3n) is 21.5. The topological polar surface area (TPSA) is 534 Å². The van der Waals surface area contributed by atoms with Gasteiger partial charge in [0.2, 0.25) is 12.0 Å². The summed E-state index contributed by atoms with van der Waals surface area (Å²) in [4.78, 5) is 107. The number of hydrogen-bond donors (Lipinski definition) is 19. The average molecular weight is 1900 g/mol. The highest BCUT2D eigenvalue weighted by molar-refractivity contribution is 7.80. The van der Waals surface area contributed by atoms with Crippen molar-refractivity contribution in [1.29, 1.82) is 0 Å². The molecular formula is C82H145N15O23P5S+. The molecule has 38 nitrogen and oxygen atoms in total. The molecule has 5 fully saturated rings. The Bertz CT molecular complexity index is 4540. The fourth-order valence-corrected chi connectivity index (χ4v) is 19.1. The number of aromatic nitrogens is 8. The second kappa shape index (κ2) is 48.8. The Morgan fingerprint density at radius 3 is 0.984 bits per heavy atom. The van der Waals surface area contributed by atoms with E-state index in [2.05, 4.69) is 151 Å². The molecule has 20 atom stereocenters. The molecule has 0 bridgehead atoms. The SMILES string of the molecule is C=C1NC(=S)[N+](C)=CN1[C@@H]1O[C@H](CCP(=C)(C)C)[C@@H](O)[C@H]1O.C=P(C)(C)CC[C@H]1O[C@@H](c2cn(CNCCC)c(=O)[nH]c2=O)[C@H](O)[C@@H]1O.C=P(C)(C)CC[C@H]1O[C@@H](c2cn(CNCCC)c(=O)[nH]c2=O)[C@H](O)[C@@H]1O.C=P(C)(C)CC[C@H]1O[C@@H](n2cc(CNCCC)c(=O)[nH]c2=O)[C@H](O)[C@@H]1O.C=P(C)(C)CC[C@H]1O[C@@H](n2cc(CNCCC)c(=O)[nH]c2=O)[C@H](O)[C@@H]1O. The van der Waals surface area contributed by atoms with Gasteiger partial charge in [0.05, 0.1) is 62.0 Å². The lowest BCUT2D eigenvalue weighted by atomic mass is 10.0. The molecule has 0 aliphatic carbocycles. The van der Waals surface area contributed by atoms with Crippen LogP contribution in [0, 0.1) is 0 Å². The standard InChI is InChI=1S/4C17H30N3O5P.C14H24N3O3PS/c2*1-5-7-18-10-20-9-11(16(23)19-17(20)24)15-14(22)13(21)12(25-15)6-8-26(2,3)4;2*1-5-7-18-9-11-10-20(17(24)19-15(11)23)16-14(22)13(21)12(25-16)6-8-26(2,3)4;1-9-15-14(22)16(2)8-17(9)13-12(19)11(18)10(20-13)6-7-21(3,4)5/h2*9,12-15,18,21-22H,2,5-8,10H2,1,3-4H3,(H,19,23,24);2*10,12-14,16,18,21-22H,2,5-9H2,1,3-4H3,(H,19,23,24);8,10-13,18-19H,1,3,6-7H2,2,4-5H3/p+1/t2*12-,13-,14-,15+;2*12-,13-,14-,16-;10-,11-,12-,13-/m11111/s1. The predicted molar refractivity (Wildman–Crippen MR) is 513 cm³/mol. The van der Waals surface area contributed by atoms with Gasteiger partial charge in [-0.25, -0.2) is 34.0 Å². The summed E-state index contributed by atoms with van der Waals surface area (Å²) in [6.07, 6.45) is 20.2. The Morgan fingerprint density at radius 2 is 0.675 bits per heavy atom. The van der Waals surface area contributed by atoms with E-state index in [-0.39, 0.29) is 24.5 Å². The molecule has 4 aromatic heterocycles. The predicted octanol–water partition coefficient (Wildman–Crippen LogP) is -1.12.